The third-order valence-corrected chi connectivity index (χ3v) is 6.41. The molecule has 156 valence electrons. The Morgan fingerprint density at radius 2 is 2.33 bits per heavy atom. The summed E-state index contributed by atoms with van der Waals surface area (Å²) in [5, 5.41) is 11.5. The predicted molar refractivity (Wildman–Crippen MR) is 110 cm³/mol. The lowest BCUT2D eigenvalue weighted by atomic mass is 9.80. The molecule has 2 aliphatic rings. The zero-order valence-corrected chi connectivity index (χ0v) is 17.3. The maximum Gasteiger partial charge on any atom is 0.274 e. The first-order valence-electron chi connectivity index (χ1n) is 10.6. The number of carbonyl (C=O) groups is 1. The van der Waals surface area contributed by atoms with Gasteiger partial charge in [0, 0.05) is 36.7 Å². The van der Waals surface area contributed by atoms with Gasteiger partial charge in [-0.1, -0.05) is 25.4 Å². The Morgan fingerprint density at radius 3 is 3.13 bits per heavy atom. The van der Waals surface area contributed by atoms with Crippen LogP contribution in [0.25, 0.3) is 11.4 Å². The van der Waals surface area contributed by atoms with Crippen molar-refractivity contribution in [2.45, 2.75) is 44.9 Å². The fraction of sp³-hybridized carbons (Fsp3) is 0.500. The van der Waals surface area contributed by atoms with Gasteiger partial charge in [-0.15, -0.1) is 0 Å². The molecule has 0 unspecified atom stereocenters. The molecule has 8 heteroatoms. The predicted octanol–water partition coefficient (Wildman–Crippen LogP) is 3.25. The minimum Gasteiger partial charge on any atom is -0.338 e. The van der Waals surface area contributed by atoms with E-state index in [0.29, 0.717) is 42.3 Å². The van der Waals surface area contributed by atoms with Gasteiger partial charge in [0.15, 0.2) is 0 Å². The van der Waals surface area contributed by atoms with Gasteiger partial charge in [0.25, 0.3) is 5.91 Å². The van der Waals surface area contributed by atoms with Gasteiger partial charge in [-0.05, 0) is 49.3 Å². The number of likely N-dealkylation sites (tertiary alicyclic amines) is 1. The molecular weight excluding hydrogens is 380 g/mol. The molecule has 0 aromatic carbocycles. The lowest BCUT2D eigenvalue weighted by molar-refractivity contribution is 0.0769. The summed E-state index contributed by atoms with van der Waals surface area (Å²) in [4.78, 5) is 23.9. The van der Waals surface area contributed by atoms with Crippen LogP contribution in [-0.2, 0) is 11.8 Å². The van der Waals surface area contributed by atoms with Gasteiger partial charge < -0.3 is 9.42 Å². The third kappa shape index (κ3) is 3.20. The summed E-state index contributed by atoms with van der Waals surface area (Å²) in [7, 11) is 0. The Kier molecular flexibility index (Phi) is 4.64. The van der Waals surface area contributed by atoms with Gasteiger partial charge >= 0.3 is 0 Å². The molecule has 1 aliphatic heterocycles. The molecule has 8 nitrogen and oxygen atoms in total. The van der Waals surface area contributed by atoms with Crippen LogP contribution in [0.4, 0.5) is 0 Å². The largest absolute Gasteiger partial charge is 0.338 e. The van der Waals surface area contributed by atoms with Gasteiger partial charge in [-0.3, -0.25) is 14.9 Å². The molecule has 0 radical (unpaired) electrons. The molecule has 1 saturated carbocycles. The average molecular weight is 406 g/mol. The summed E-state index contributed by atoms with van der Waals surface area (Å²) in [6.45, 7) is 5.60. The number of aromatic nitrogens is 5. The van der Waals surface area contributed by atoms with E-state index in [-0.39, 0.29) is 11.3 Å². The number of aromatic amines is 1. The summed E-state index contributed by atoms with van der Waals surface area (Å²) in [5.41, 5.74) is 2.06. The van der Waals surface area contributed by atoms with Gasteiger partial charge in [-0.2, -0.15) is 10.1 Å². The molecule has 4 heterocycles. The van der Waals surface area contributed by atoms with E-state index in [1.807, 2.05) is 23.1 Å². The van der Waals surface area contributed by atoms with Crippen molar-refractivity contribution >= 4 is 5.91 Å². The number of H-pyrrole nitrogens is 1. The fourth-order valence-corrected chi connectivity index (χ4v) is 5.01. The zero-order chi connectivity index (χ0) is 20.7. The van der Waals surface area contributed by atoms with Crippen LogP contribution >= 0.6 is 0 Å². The Morgan fingerprint density at radius 1 is 1.43 bits per heavy atom. The SMILES string of the molecule is CC(C)Cc1cc(C(=O)N2C[C@H]3CCC[C@@]3(c3nc(-c4cccnc4)no3)C2)n[nH]1. The van der Waals surface area contributed by atoms with Gasteiger partial charge in [0.05, 0.1) is 5.41 Å². The molecular formula is C22H26N6O2. The van der Waals surface area contributed by atoms with E-state index in [1.165, 1.54) is 0 Å². The normalized spacial score (nSPS) is 23.3. The molecule has 1 saturated heterocycles. The highest BCUT2D eigenvalue weighted by atomic mass is 16.5. The van der Waals surface area contributed by atoms with Crippen LogP contribution < -0.4 is 0 Å². The van der Waals surface area contributed by atoms with Crippen LogP contribution in [0.1, 0.15) is 55.2 Å². The lowest BCUT2D eigenvalue weighted by Crippen LogP contribution is -2.35. The van der Waals surface area contributed by atoms with Crippen molar-refractivity contribution in [2.75, 3.05) is 13.1 Å². The zero-order valence-electron chi connectivity index (χ0n) is 17.3. The van der Waals surface area contributed by atoms with Crippen molar-refractivity contribution in [2.24, 2.45) is 11.8 Å². The van der Waals surface area contributed by atoms with Crippen molar-refractivity contribution in [3.63, 3.8) is 0 Å². The topological polar surface area (TPSA) is 101 Å². The van der Waals surface area contributed by atoms with Crippen LogP contribution in [-0.4, -0.2) is 49.2 Å². The molecule has 2 fully saturated rings. The number of nitrogens with one attached hydrogen (secondary N) is 1. The minimum absolute atomic E-state index is 0.0259. The van der Waals surface area contributed by atoms with Crippen LogP contribution in [0.15, 0.2) is 35.1 Å². The number of carbonyl (C=O) groups excluding carboxylic acids is 1. The number of pyridine rings is 1. The maximum absolute atomic E-state index is 13.1. The second-order valence-electron chi connectivity index (χ2n) is 8.97. The molecule has 2 atom stereocenters. The first kappa shape index (κ1) is 19.0. The van der Waals surface area contributed by atoms with E-state index in [0.717, 1.165) is 36.9 Å². The molecule has 30 heavy (non-hydrogen) atoms. The smallest absolute Gasteiger partial charge is 0.274 e. The van der Waals surface area contributed by atoms with E-state index < -0.39 is 0 Å². The molecule has 3 aromatic heterocycles. The second kappa shape index (κ2) is 7.34. The highest BCUT2D eigenvalue weighted by Crippen LogP contribution is 2.50. The molecule has 0 spiro atoms. The van der Waals surface area contributed by atoms with E-state index in [9.17, 15) is 4.79 Å². The Hall–Kier alpha value is -3.03. The summed E-state index contributed by atoms with van der Waals surface area (Å²) in [5.74, 6) is 2.00. The summed E-state index contributed by atoms with van der Waals surface area (Å²) in [6.07, 6.45) is 7.46. The number of nitrogens with zero attached hydrogens (tertiary/aromatic N) is 5. The summed E-state index contributed by atoms with van der Waals surface area (Å²) in [6, 6.07) is 5.66. The molecule has 0 bridgehead atoms. The molecule has 1 N–H and O–H groups in total. The van der Waals surface area contributed by atoms with Crippen LogP contribution in [0.2, 0.25) is 0 Å². The van der Waals surface area contributed by atoms with Gasteiger partial charge in [0.1, 0.15) is 5.69 Å². The van der Waals surface area contributed by atoms with Crippen molar-refractivity contribution in [3.8, 4) is 11.4 Å². The van der Waals surface area contributed by atoms with Gasteiger partial charge in [0.2, 0.25) is 11.7 Å². The van der Waals surface area contributed by atoms with E-state index in [2.05, 4.69) is 34.2 Å². The quantitative estimate of drug-likeness (QED) is 0.698. The lowest BCUT2D eigenvalue weighted by Gasteiger charge is -2.23. The van der Waals surface area contributed by atoms with Crippen LogP contribution in [0.5, 0.6) is 0 Å². The van der Waals surface area contributed by atoms with Crippen molar-refractivity contribution in [3.05, 3.63) is 47.9 Å². The van der Waals surface area contributed by atoms with Crippen molar-refractivity contribution in [1.82, 2.24) is 30.2 Å². The Balaban J connectivity index is 1.38. The highest BCUT2D eigenvalue weighted by Gasteiger charge is 2.55. The molecule has 5 rings (SSSR count). The number of amides is 1. The average Bonchev–Trinajstić information content (AvgIpc) is 3.50. The number of hydrogen-bond donors (Lipinski definition) is 1. The van der Waals surface area contributed by atoms with Gasteiger partial charge in [-0.25, -0.2) is 0 Å². The van der Waals surface area contributed by atoms with E-state index >= 15 is 0 Å². The number of rotatable bonds is 5. The molecule has 1 aliphatic carbocycles. The Bertz CT molecular complexity index is 1040. The van der Waals surface area contributed by atoms with Crippen molar-refractivity contribution < 1.29 is 9.32 Å². The summed E-state index contributed by atoms with van der Waals surface area (Å²) >= 11 is 0. The second-order valence-corrected chi connectivity index (χ2v) is 8.97. The minimum atomic E-state index is -0.264. The number of fused-ring (bicyclic) bond motifs is 1. The Labute approximate surface area is 175 Å². The number of hydrogen-bond acceptors (Lipinski definition) is 6. The maximum atomic E-state index is 13.1. The van der Waals surface area contributed by atoms with E-state index in [1.54, 1.807) is 12.4 Å². The third-order valence-electron chi connectivity index (χ3n) is 6.41. The van der Waals surface area contributed by atoms with Crippen LogP contribution in [0.3, 0.4) is 0 Å². The monoisotopic (exact) mass is 406 g/mol. The van der Waals surface area contributed by atoms with E-state index in [4.69, 9.17) is 9.51 Å². The van der Waals surface area contributed by atoms with Crippen LogP contribution in [0, 0.1) is 11.8 Å². The standard InChI is InChI=1S/C22H26N6O2/c1-14(2)9-17-10-18(26-25-17)20(29)28-12-16-6-3-7-22(16,13-28)21-24-19(27-30-21)15-5-4-8-23-11-15/h4-5,8,10-11,14,16H,3,6-7,9,12-13H2,1-2H3,(H,25,26)/t16-,22-/m1/s1. The van der Waals surface area contributed by atoms with Crippen molar-refractivity contribution in [1.29, 1.82) is 0 Å². The molecule has 3 aromatic rings. The summed E-state index contributed by atoms with van der Waals surface area (Å²) < 4.78 is 5.74. The first-order valence-corrected chi connectivity index (χ1v) is 10.6. The molecule has 1 amide bonds. The first-order chi connectivity index (χ1) is 14.5. The fourth-order valence-electron chi connectivity index (χ4n) is 5.01. The highest BCUT2D eigenvalue weighted by molar-refractivity contribution is 5.92.